The molecule has 0 spiro atoms. The Kier molecular flexibility index (Phi) is 3.82. The predicted octanol–water partition coefficient (Wildman–Crippen LogP) is 1.58. The number of hydrogen-bond donors (Lipinski definition) is 1. The van der Waals surface area contributed by atoms with Crippen LogP contribution in [0.1, 0.15) is 57.8 Å². The van der Waals surface area contributed by atoms with E-state index < -0.39 is 0 Å². The molecule has 0 aromatic rings. The molecule has 2 N–H and O–H groups in total. The highest BCUT2D eigenvalue weighted by atomic mass is 16.2. The molecule has 2 aliphatic rings. The fourth-order valence-electron chi connectivity index (χ4n) is 3.17. The van der Waals surface area contributed by atoms with E-state index in [2.05, 4.69) is 0 Å². The van der Waals surface area contributed by atoms with Crippen molar-refractivity contribution < 1.29 is 9.59 Å². The zero-order valence-electron chi connectivity index (χ0n) is 10.4. The van der Waals surface area contributed by atoms with E-state index in [9.17, 15) is 9.59 Å². The molecule has 0 aromatic carbocycles. The molecule has 2 fully saturated rings. The average Bonchev–Trinajstić information content (AvgIpc) is 2.52. The van der Waals surface area contributed by atoms with Crippen molar-refractivity contribution in [2.75, 3.05) is 6.54 Å². The van der Waals surface area contributed by atoms with Crippen LogP contribution in [-0.2, 0) is 9.59 Å². The SMILES string of the molecule is NCC1(N2C(=O)CCCCC2=O)CCCCC1. The maximum absolute atomic E-state index is 12.1. The molecule has 0 unspecified atom stereocenters. The van der Waals surface area contributed by atoms with Gasteiger partial charge in [0.1, 0.15) is 0 Å². The Morgan fingerprint density at radius 3 is 1.94 bits per heavy atom. The lowest BCUT2D eigenvalue weighted by atomic mass is 9.80. The van der Waals surface area contributed by atoms with Gasteiger partial charge in [-0.15, -0.1) is 0 Å². The van der Waals surface area contributed by atoms with Crippen LogP contribution in [0.25, 0.3) is 0 Å². The summed E-state index contributed by atoms with van der Waals surface area (Å²) in [6.07, 6.45) is 7.81. The fourth-order valence-corrected chi connectivity index (χ4v) is 3.17. The molecule has 2 amide bonds. The van der Waals surface area contributed by atoms with Crippen LogP contribution in [0.5, 0.6) is 0 Å². The number of likely N-dealkylation sites (tertiary alicyclic amines) is 1. The molecule has 4 nitrogen and oxygen atoms in total. The number of carbonyl (C=O) groups is 2. The first-order chi connectivity index (χ1) is 8.19. The van der Waals surface area contributed by atoms with Crippen LogP contribution in [0.4, 0.5) is 0 Å². The molecule has 1 saturated heterocycles. The zero-order chi connectivity index (χ0) is 12.3. The van der Waals surface area contributed by atoms with Crippen molar-refractivity contribution in [3.05, 3.63) is 0 Å². The monoisotopic (exact) mass is 238 g/mol. The van der Waals surface area contributed by atoms with E-state index in [0.29, 0.717) is 19.4 Å². The van der Waals surface area contributed by atoms with Gasteiger partial charge in [-0.05, 0) is 25.7 Å². The molecule has 0 atom stereocenters. The van der Waals surface area contributed by atoms with E-state index in [1.807, 2.05) is 0 Å². The lowest BCUT2D eigenvalue weighted by molar-refractivity contribution is -0.152. The van der Waals surface area contributed by atoms with Crippen molar-refractivity contribution in [2.45, 2.75) is 63.3 Å². The highest BCUT2D eigenvalue weighted by molar-refractivity contribution is 5.97. The van der Waals surface area contributed by atoms with Crippen LogP contribution in [0.3, 0.4) is 0 Å². The summed E-state index contributed by atoms with van der Waals surface area (Å²) in [4.78, 5) is 25.8. The largest absolute Gasteiger partial charge is 0.328 e. The minimum Gasteiger partial charge on any atom is -0.328 e. The number of hydrogen-bond acceptors (Lipinski definition) is 3. The van der Waals surface area contributed by atoms with Crippen LogP contribution >= 0.6 is 0 Å². The van der Waals surface area contributed by atoms with Crippen molar-refractivity contribution in [1.29, 1.82) is 0 Å². The van der Waals surface area contributed by atoms with E-state index >= 15 is 0 Å². The normalized spacial score (nSPS) is 25.8. The van der Waals surface area contributed by atoms with Gasteiger partial charge in [-0.3, -0.25) is 14.5 Å². The van der Waals surface area contributed by atoms with E-state index in [1.165, 1.54) is 6.42 Å². The molecular formula is C13H22N2O2. The Hall–Kier alpha value is -0.900. The highest BCUT2D eigenvalue weighted by Crippen LogP contribution is 2.35. The van der Waals surface area contributed by atoms with Crippen molar-refractivity contribution in [3.63, 3.8) is 0 Å². The third kappa shape index (κ3) is 2.37. The first-order valence-electron chi connectivity index (χ1n) is 6.76. The summed E-state index contributed by atoms with van der Waals surface area (Å²) < 4.78 is 0. The maximum atomic E-state index is 12.1. The molecule has 1 heterocycles. The average molecular weight is 238 g/mol. The van der Waals surface area contributed by atoms with Gasteiger partial charge in [0.15, 0.2) is 0 Å². The van der Waals surface area contributed by atoms with E-state index in [0.717, 1.165) is 38.5 Å². The summed E-state index contributed by atoms with van der Waals surface area (Å²) in [6, 6.07) is 0. The van der Waals surface area contributed by atoms with Gasteiger partial charge >= 0.3 is 0 Å². The summed E-state index contributed by atoms with van der Waals surface area (Å²) in [5.41, 5.74) is 5.53. The predicted molar refractivity (Wildman–Crippen MR) is 65.2 cm³/mol. The standard InChI is InChI=1S/C13H22N2O2/c14-10-13(8-4-1-5-9-13)15-11(16)6-2-3-7-12(15)17/h1-10,14H2. The van der Waals surface area contributed by atoms with Crippen molar-refractivity contribution in [1.82, 2.24) is 4.90 Å². The summed E-state index contributed by atoms with van der Waals surface area (Å²) in [7, 11) is 0. The summed E-state index contributed by atoms with van der Waals surface area (Å²) in [5, 5.41) is 0. The number of amides is 2. The summed E-state index contributed by atoms with van der Waals surface area (Å²) in [6.45, 7) is 0.421. The van der Waals surface area contributed by atoms with Gasteiger partial charge in [-0.25, -0.2) is 0 Å². The Bertz CT molecular complexity index is 291. The second-order valence-electron chi connectivity index (χ2n) is 5.32. The van der Waals surface area contributed by atoms with Gasteiger partial charge < -0.3 is 5.73 Å². The Morgan fingerprint density at radius 2 is 1.47 bits per heavy atom. The molecule has 0 bridgehead atoms. The summed E-state index contributed by atoms with van der Waals surface area (Å²) in [5.74, 6) is -0.000278. The van der Waals surface area contributed by atoms with Gasteiger partial charge in [0.2, 0.25) is 11.8 Å². The van der Waals surface area contributed by atoms with Crippen molar-refractivity contribution >= 4 is 11.8 Å². The molecule has 96 valence electrons. The Labute approximate surface area is 103 Å². The number of nitrogens with two attached hydrogens (primary N) is 1. The van der Waals surface area contributed by atoms with Crippen LogP contribution in [0.15, 0.2) is 0 Å². The number of nitrogens with zero attached hydrogens (tertiary/aromatic N) is 1. The number of imide groups is 1. The first kappa shape index (κ1) is 12.6. The Morgan fingerprint density at radius 1 is 0.941 bits per heavy atom. The second-order valence-corrected chi connectivity index (χ2v) is 5.32. The third-order valence-electron chi connectivity index (χ3n) is 4.17. The number of rotatable bonds is 2. The first-order valence-corrected chi connectivity index (χ1v) is 6.76. The van der Waals surface area contributed by atoms with E-state index in [1.54, 1.807) is 4.90 Å². The quantitative estimate of drug-likeness (QED) is 0.743. The van der Waals surface area contributed by atoms with Gasteiger partial charge in [0.05, 0.1) is 5.54 Å². The smallest absolute Gasteiger partial charge is 0.229 e. The van der Waals surface area contributed by atoms with Crippen LogP contribution in [0.2, 0.25) is 0 Å². The topological polar surface area (TPSA) is 63.4 Å². The minimum absolute atomic E-state index is 0.000139. The highest BCUT2D eigenvalue weighted by Gasteiger charge is 2.43. The van der Waals surface area contributed by atoms with Gasteiger partial charge in [-0.1, -0.05) is 19.3 Å². The molecule has 1 aliphatic heterocycles. The van der Waals surface area contributed by atoms with E-state index in [-0.39, 0.29) is 17.4 Å². The summed E-state index contributed by atoms with van der Waals surface area (Å²) >= 11 is 0. The van der Waals surface area contributed by atoms with Crippen LogP contribution in [0, 0.1) is 0 Å². The number of carbonyl (C=O) groups excluding carboxylic acids is 2. The maximum Gasteiger partial charge on any atom is 0.229 e. The minimum atomic E-state index is -0.364. The van der Waals surface area contributed by atoms with Gasteiger partial charge in [0.25, 0.3) is 0 Å². The molecule has 1 aliphatic carbocycles. The molecule has 0 aromatic heterocycles. The molecule has 1 saturated carbocycles. The van der Waals surface area contributed by atoms with Crippen molar-refractivity contribution in [2.24, 2.45) is 5.73 Å². The van der Waals surface area contributed by atoms with Gasteiger partial charge in [-0.2, -0.15) is 0 Å². The molecule has 4 heteroatoms. The van der Waals surface area contributed by atoms with Crippen molar-refractivity contribution in [3.8, 4) is 0 Å². The molecule has 0 radical (unpaired) electrons. The molecule has 2 rings (SSSR count). The third-order valence-corrected chi connectivity index (χ3v) is 4.17. The van der Waals surface area contributed by atoms with Gasteiger partial charge in [0, 0.05) is 19.4 Å². The lowest BCUT2D eigenvalue weighted by Crippen LogP contribution is -2.59. The van der Waals surface area contributed by atoms with Crippen LogP contribution < -0.4 is 5.73 Å². The second kappa shape index (κ2) is 5.17. The lowest BCUT2D eigenvalue weighted by Gasteiger charge is -2.44. The molecular weight excluding hydrogens is 216 g/mol. The van der Waals surface area contributed by atoms with E-state index in [4.69, 9.17) is 5.73 Å². The molecule has 17 heavy (non-hydrogen) atoms. The zero-order valence-corrected chi connectivity index (χ0v) is 10.4. The van der Waals surface area contributed by atoms with Crippen LogP contribution in [-0.4, -0.2) is 28.8 Å². The fraction of sp³-hybridized carbons (Fsp3) is 0.846. The Balaban J connectivity index is 2.25.